The number of hydrogen-bond donors (Lipinski definition) is 0. The lowest BCUT2D eigenvalue weighted by Gasteiger charge is -2.26. The maximum absolute atomic E-state index is 5.28. The molecule has 0 heterocycles. The lowest BCUT2D eigenvalue weighted by atomic mass is 9.79. The maximum atomic E-state index is 5.28. The Bertz CT molecular complexity index is 583. The van der Waals surface area contributed by atoms with Crippen molar-refractivity contribution in [1.29, 1.82) is 0 Å². The fourth-order valence-corrected chi connectivity index (χ4v) is 3.29. The van der Waals surface area contributed by atoms with Crippen LogP contribution in [0.4, 0.5) is 0 Å². The van der Waals surface area contributed by atoms with Crippen LogP contribution in [0.25, 0.3) is 0 Å². The van der Waals surface area contributed by atoms with E-state index in [0.717, 1.165) is 5.75 Å². The van der Waals surface area contributed by atoms with E-state index in [1.807, 2.05) is 0 Å². The van der Waals surface area contributed by atoms with Gasteiger partial charge in [0.15, 0.2) is 0 Å². The summed E-state index contributed by atoms with van der Waals surface area (Å²) in [6.07, 6.45) is 1.18. The summed E-state index contributed by atoms with van der Waals surface area (Å²) in [6, 6.07) is 17.3. The average Bonchev–Trinajstić information content (AvgIpc) is 2.52. The zero-order chi connectivity index (χ0) is 16.1. The van der Waals surface area contributed by atoms with Gasteiger partial charge >= 0.3 is 0 Å². The van der Waals surface area contributed by atoms with E-state index in [0.29, 0.717) is 17.8 Å². The number of benzene rings is 2. The van der Waals surface area contributed by atoms with Gasteiger partial charge in [0.1, 0.15) is 5.75 Å². The molecule has 0 aliphatic heterocycles. The fourth-order valence-electron chi connectivity index (χ4n) is 3.29. The summed E-state index contributed by atoms with van der Waals surface area (Å²) in [7, 11) is 1.72. The molecule has 0 saturated heterocycles. The predicted molar refractivity (Wildman–Crippen MR) is 94.8 cm³/mol. The van der Waals surface area contributed by atoms with Gasteiger partial charge in [0.2, 0.25) is 0 Å². The number of methoxy groups -OCH3 is 1. The van der Waals surface area contributed by atoms with E-state index in [1.54, 1.807) is 7.11 Å². The molecule has 0 saturated carbocycles. The standard InChI is InChI=1S/C21H28O/c1-15(2)21(18-10-12-19(22-5)13-11-18)14-17(4)20-9-7-6-8-16(20)3/h6-13,15,17,21H,14H2,1-5H3. The molecular formula is C21H28O. The molecule has 0 N–H and O–H groups in total. The second-order valence-corrected chi connectivity index (χ2v) is 6.62. The molecule has 0 amide bonds. The van der Waals surface area contributed by atoms with Gasteiger partial charge in [-0.1, -0.05) is 57.2 Å². The molecule has 1 nitrogen and oxygen atoms in total. The summed E-state index contributed by atoms with van der Waals surface area (Å²) in [5.74, 6) is 2.69. The van der Waals surface area contributed by atoms with Crippen LogP contribution in [0.5, 0.6) is 5.75 Å². The quantitative estimate of drug-likeness (QED) is 0.641. The SMILES string of the molecule is COc1ccc(C(CC(C)c2ccccc2C)C(C)C)cc1. The highest BCUT2D eigenvalue weighted by molar-refractivity contribution is 5.32. The van der Waals surface area contributed by atoms with E-state index in [4.69, 9.17) is 4.74 Å². The minimum Gasteiger partial charge on any atom is -0.497 e. The second kappa shape index (κ2) is 7.49. The lowest BCUT2D eigenvalue weighted by molar-refractivity contribution is 0.412. The van der Waals surface area contributed by atoms with Crippen LogP contribution in [0, 0.1) is 12.8 Å². The van der Waals surface area contributed by atoms with Gasteiger partial charge in [-0.25, -0.2) is 0 Å². The first kappa shape index (κ1) is 16.6. The zero-order valence-electron chi connectivity index (χ0n) is 14.5. The monoisotopic (exact) mass is 296 g/mol. The van der Waals surface area contributed by atoms with Crippen molar-refractivity contribution in [2.24, 2.45) is 5.92 Å². The largest absolute Gasteiger partial charge is 0.497 e. The molecule has 1 heteroatoms. The van der Waals surface area contributed by atoms with Crippen molar-refractivity contribution in [3.63, 3.8) is 0 Å². The van der Waals surface area contributed by atoms with Crippen molar-refractivity contribution in [3.8, 4) is 5.75 Å². The maximum Gasteiger partial charge on any atom is 0.118 e. The van der Waals surface area contributed by atoms with Crippen molar-refractivity contribution in [2.75, 3.05) is 7.11 Å². The van der Waals surface area contributed by atoms with E-state index in [-0.39, 0.29) is 0 Å². The lowest BCUT2D eigenvalue weighted by Crippen LogP contribution is -2.11. The number of rotatable bonds is 6. The van der Waals surface area contributed by atoms with E-state index in [1.165, 1.54) is 23.1 Å². The molecule has 0 aliphatic rings. The Labute approximate surface area is 135 Å². The number of aryl methyl sites for hydroxylation is 1. The summed E-state index contributed by atoms with van der Waals surface area (Å²) < 4.78 is 5.28. The Morgan fingerprint density at radius 3 is 2.09 bits per heavy atom. The van der Waals surface area contributed by atoms with Crippen molar-refractivity contribution >= 4 is 0 Å². The molecule has 0 aromatic heterocycles. The van der Waals surface area contributed by atoms with Crippen LogP contribution in [0.3, 0.4) is 0 Å². The molecule has 0 radical (unpaired) electrons. The minimum atomic E-state index is 0.565. The van der Waals surface area contributed by atoms with Crippen LogP contribution in [-0.4, -0.2) is 7.11 Å². The minimum absolute atomic E-state index is 0.565. The van der Waals surface area contributed by atoms with Crippen LogP contribution in [-0.2, 0) is 0 Å². The Kier molecular flexibility index (Phi) is 5.65. The number of hydrogen-bond acceptors (Lipinski definition) is 1. The van der Waals surface area contributed by atoms with Crippen LogP contribution < -0.4 is 4.74 Å². The smallest absolute Gasteiger partial charge is 0.118 e. The highest BCUT2D eigenvalue weighted by Gasteiger charge is 2.20. The van der Waals surface area contributed by atoms with Crippen molar-refractivity contribution in [1.82, 2.24) is 0 Å². The third-order valence-electron chi connectivity index (χ3n) is 4.68. The number of ether oxygens (including phenoxy) is 1. The molecule has 0 fully saturated rings. The van der Waals surface area contributed by atoms with Gasteiger partial charge < -0.3 is 4.74 Å². The van der Waals surface area contributed by atoms with Crippen molar-refractivity contribution in [2.45, 2.75) is 46.0 Å². The molecule has 118 valence electrons. The first-order valence-corrected chi connectivity index (χ1v) is 8.22. The molecule has 2 rings (SSSR count). The van der Waals surface area contributed by atoms with E-state index >= 15 is 0 Å². The van der Waals surface area contributed by atoms with Crippen molar-refractivity contribution < 1.29 is 4.74 Å². The van der Waals surface area contributed by atoms with Crippen LogP contribution >= 0.6 is 0 Å². The van der Waals surface area contributed by atoms with E-state index in [2.05, 4.69) is 76.2 Å². The summed E-state index contributed by atoms with van der Waals surface area (Å²) in [6.45, 7) is 9.20. The Balaban J connectivity index is 2.19. The van der Waals surface area contributed by atoms with Gasteiger partial charge in [-0.05, 0) is 59.9 Å². The first-order valence-electron chi connectivity index (χ1n) is 8.22. The average molecular weight is 296 g/mol. The van der Waals surface area contributed by atoms with Gasteiger partial charge in [0.25, 0.3) is 0 Å². The van der Waals surface area contributed by atoms with Crippen molar-refractivity contribution in [3.05, 3.63) is 65.2 Å². The van der Waals surface area contributed by atoms with E-state index in [9.17, 15) is 0 Å². The van der Waals surface area contributed by atoms with Gasteiger partial charge in [0.05, 0.1) is 7.11 Å². The predicted octanol–water partition coefficient (Wildman–Crippen LogP) is 5.94. The third-order valence-corrected chi connectivity index (χ3v) is 4.68. The highest BCUT2D eigenvalue weighted by Crippen LogP contribution is 2.36. The summed E-state index contributed by atoms with van der Waals surface area (Å²) in [4.78, 5) is 0. The topological polar surface area (TPSA) is 9.23 Å². The van der Waals surface area contributed by atoms with E-state index < -0.39 is 0 Å². The summed E-state index contributed by atoms with van der Waals surface area (Å²) >= 11 is 0. The molecule has 2 aromatic carbocycles. The van der Waals surface area contributed by atoms with Gasteiger partial charge in [0, 0.05) is 0 Å². The molecule has 0 bridgehead atoms. The first-order chi connectivity index (χ1) is 10.5. The van der Waals surface area contributed by atoms with Crippen LogP contribution in [0.1, 0.15) is 55.7 Å². The van der Waals surface area contributed by atoms with Gasteiger partial charge in [-0.2, -0.15) is 0 Å². The van der Waals surface area contributed by atoms with Crippen LogP contribution in [0.15, 0.2) is 48.5 Å². The normalized spacial score (nSPS) is 13.9. The molecular weight excluding hydrogens is 268 g/mol. The van der Waals surface area contributed by atoms with Gasteiger partial charge in [-0.3, -0.25) is 0 Å². The third kappa shape index (κ3) is 3.91. The summed E-state index contributed by atoms with van der Waals surface area (Å²) in [5, 5.41) is 0. The molecule has 2 unspecified atom stereocenters. The second-order valence-electron chi connectivity index (χ2n) is 6.62. The Morgan fingerprint density at radius 1 is 0.909 bits per heavy atom. The molecule has 0 aliphatic carbocycles. The zero-order valence-corrected chi connectivity index (χ0v) is 14.5. The highest BCUT2D eigenvalue weighted by atomic mass is 16.5. The Morgan fingerprint density at radius 2 is 1.55 bits per heavy atom. The molecule has 2 atom stereocenters. The van der Waals surface area contributed by atoms with Gasteiger partial charge in [-0.15, -0.1) is 0 Å². The Hall–Kier alpha value is -1.76. The molecule has 0 spiro atoms. The molecule has 2 aromatic rings. The summed E-state index contributed by atoms with van der Waals surface area (Å²) in [5.41, 5.74) is 4.28. The molecule has 22 heavy (non-hydrogen) atoms. The fraction of sp³-hybridized carbons (Fsp3) is 0.429. The van der Waals surface area contributed by atoms with Crippen LogP contribution in [0.2, 0.25) is 0 Å².